The highest BCUT2D eigenvalue weighted by atomic mass is 79.9. The molecule has 1 heterocycles. The van der Waals surface area contributed by atoms with Crippen molar-refractivity contribution < 1.29 is 12.8 Å². The van der Waals surface area contributed by atoms with E-state index < -0.39 is 10.0 Å². The molecule has 1 aromatic heterocycles. The van der Waals surface area contributed by atoms with E-state index >= 15 is 0 Å². The van der Waals surface area contributed by atoms with Gasteiger partial charge in [-0.1, -0.05) is 54.4 Å². The van der Waals surface area contributed by atoms with Crippen LogP contribution in [0.25, 0.3) is 11.0 Å². The molecule has 136 valence electrons. The Morgan fingerprint density at radius 3 is 2.31 bits per heavy atom. The molecule has 0 aliphatic carbocycles. The lowest BCUT2D eigenvalue weighted by Gasteiger charge is -2.19. The SMILES string of the molecule is CC(C)(C)c1cc2ccc(Br)cc2o/c1=N\S(=O)(=O)c1ccc(Cl)cc1. The third-order valence-corrected chi connectivity index (χ3v) is 5.85. The quantitative estimate of drug-likeness (QED) is 0.518. The summed E-state index contributed by atoms with van der Waals surface area (Å²) in [5.74, 6) is 0. The molecule has 0 N–H and O–H groups in total. The van der Waals surface area contributed by atoms with Gasteiger partial charge in [0.2, 0.25) is 5.55 Å². The molecule has 0 saturated heterocycles. The molecule has 0 bridgehead atoms. The fraction of sp³-hybridized carbons (Fsp3) is 0.211. The predicted octanol–water partition coefficient (Wildman–Crippen LogP) is 5.44. The van der Waals surface area contributed by atoms with Crippen molar-refractivity contribution in [1.82, 2.24) is 0 Å². The predicted molar refractivity (Wildman–Crippen MR) is 107 cm³/mol. The average molecular weight is 455 g/mol. The summed E-state index contributed by atoms with van der Waals surface area (Å²) in [6, 6.07) is 13.4. The first kappa shape index (κ1) is 19.1. The van der Waals surface area contributed by atoms with Crippen LogP contribution in [0.4, 0.5) is 0 Å². The number of halogens is 2. The first-order valence-corrected chi connectivity index (χ1v) is 10.5. The number of nitrogens with zero attached hydrogens (tertiary/aromatic N) is 1. The maximum absolute atomic E-state index is 12.7. The highest BCUT2D eigenvalue weighted by Crippen LogP contribution is 2.25. The van der Waals surface area contributed by atoms with Gasteiger partial charge in [-0.25, -0.2) is 0 Å². The molecule has 0 saturated carbocycles. The molecular weight excluding hydrogens is 438 g/mol. The van der Waals surface area contributed by atoms with E-state index in [1.165, 1.54) is 24.3 Å². The minimum atomic E-state index is -3.93. The van der Waals surface area contributed by atoms with E-state index in [-0.39, 0.29) is 15.9 Å². The van der Waals surface area contributed by atoms with Crippen molar-refractivity contribution in [3.05, 3.63) is 69.1 Å². The molecule has 2 aromatic carbocycles. The van der Waals surface area contributed by atoms with Crippen molar-refractivity contribution in [2.45, 2.75) is 31.1 Å². The van der Waals surface area contributed by atoms with Gasteiger partial charge in [0.25, 0.3) is 10.0 Å². The molecule has 26 heavy (non-hydrogen) atoms. The zero-order valence-electron chi connectivity index (χ0n) is 14.5. The molecule has 0 unspecified atom stereocenters. The van der Waals surface area contributed by atoms with Crippen molar-refractivity contribution in [3.63, 3.8) is 0 Å². The maximum atomic E-state index is 12.7. The van der Waals surface area contributed by atoms with Gasteiger partial charge in [0.15, 0.2) is 0 Å². The lowest BCUT2D eigenvalue weighted by molar-refractivity contribution is 0.490. The van der Waals surface area contributed by atoms with E-state index in [1.54, 1.807) is 6.07 Å². The Morgan fingerprint density at radius 1 is 1.04 bits per heavy atom. The van der Waals surface area contributed by atoms with Crippen LogP contribution in [0.1, 0.15) is 26.3 Å². The lowest BCUT2D eigenvalue weighted by Crippen LogP contribution is -2.24. The molecule has 7 heteroatoms. The number of rotatable bonds is 2. The Bertz CT molecular complexity index is 1140. The highest BCUT2D eigenvalue weighted by molar-refractivity contribution is 9.10. The van der Waals surface area contributed by atoms with E-state index in [0.29, 0.717) is 16.2 Å². The van der Waals surface area contributed by atoms with Gasteiger partial charge in [-0.15, -0.1) is 4.40 Å². The third-order valence-electron chi connectivity index (χ3n) is 3.84. The Balaban J connectivity index is 2.31. The third kappa shape index (κ3) is 4.03. The van der Waals surface area contributed by atoms with Gasteiger partial charge < -0.3 is 4.42 Å². The number of fused-ring (bicyclic) bond motifs is 1. The fourth-order valence-corrected chi connectivity index (χ4v) is 3.87. The zero-order valence-corrected chi connectivity index (χ0v) is 17.6. The normalized spacial score (nSPS) is 13.3. The second-order valence-electron chi connectivity index (χ2n) is 6.92. The molecule has 3 aromatic rings. The van der Waals surface area contributed by atoms with Gasteiger partial charge >= 0.3 is 0 Å². The molecule has 0 radical (unpaired) electrons. The lowest BCUT2D eigenvalue weighted by atomic mass is 9.88. The van der Waals surface area contributed by atoms with Crippen LogP contribution >= 0.6 is 27.5 Å². The molecule has 0 aliphatic rings. The topological polar surface area (TPSA) is 59.6 Å². The molecule has 0 spiro atoms. The standard InChI is InChI=1S/C19H17BrClNO3S/c1-19(2,3)16-10-12-4-5-13(20)11-17(12)25-18(16)22-26(23,24)15-8-6-14(21)7-9-15/h4-11H,1-3H3/b22-18-. The largest absolute Gasteiger partial charge is 0.437 e. The summed E-state index contributed by atoms with van der Waals surface area (Å²) >= 11 is 9.24. The Kier molecular flexibility index (Phi) is 5.03. The van der Waals surface area contributed by atoms with E-state index in [9.17, 15) is 8.42 Å². The van der Waals surface area contributed by atoms with Crippen molar-refractivity contribution in [2.75, 3.05) is 0 Å². The second-order valence-corrected chi connectivity index (χ2v) is 9.87. The van der Waals surface area contributed by atoms with E-state index in [4.69, 9.17) is 16.0 Å². The van der Waals surface area contributed by atoms with Gasteiger partial charge in [-0.3, -0.25) is 0 Å². The van der Waals surface area contributed by atoms with E-state index in [0.717, 1.165) is 9.86 Å². The molecular formula is C19H17BrClNO3S. The zero-order chi connectivity index (χ0) is 19.1. The smallest absolute Gasteiger partial charge is 0.285 e. The molecule has 0 amide bonds. The molecule has 3 rings (SSSR count). The van der Waals surface area contributed by atoms with Crippen LogP contribution in [0.3, 0.4) is 0 Å². The van der Waals surface area contributed by atoms with E-state index in [2.05, 4.69) is 20.3 Å². The minimum Gasteiger partial charge on any atom is -0.437 e. The Hall–Kier alpha value is -1.63. The molecule has 0 fully saturated rings. The van der Waals surface area contributed by atoms with Gasteiger partial charge in [-0.2, -0.15) is 8.42 Å². The molecule has 4 nitrogen and oxygen atoms in total. The van der Waals surface area contributed by atoms with Crippen molar-refractivity contribution in [3.8, 4) is 0 Å². The number of hydrogen-bond acceptors (Lipinski definition) is 3. The van der Waals surface area contributed by atoms with Crippen LogP contribution in [0, 0.1) is 0 Å². The van der Waals surface area contributed by atoms with Crippen LogP contribution in [-0.2, 0) is 15.4 Å². The minimum absolute atomic E-state index is 0.0614. The van der Waals surface area contributed by atoms with Crippen LogP contribution in [0.2, 0.25) is 5.02 Å². The van der Waals surface area contributed by atoms with Gasteiger partial charge in [0.05, 0.1) is 4.90 Å². The summed E-state index contributed by atoms with van der Waals surface area (Å²) in [5, 5.41) is 1.33. The summed E-state index contributed by atoms with van der Waals surface area (Å²) in [6.45, 7) is 5.95. The summed E-state index contributed by atoms with van der Waals surface area (Å²) in [7, 11) is -3.93. The first-order chi connectivity index (χ1) is 12.1. The fourth-order valence-electron chi connectivity index (χ4n) is 2.47. The summed E-state index contributed by atoms with van der Waals surface area (Å²) < 4.78 is 36.1. The Labute approximate surface area is 165 Å². The van der Waals surface area contributed by atoms with Crippen molar-refractivity contribution in [2.24, 2.45) is 4.40 Å². The van der Waals surface area contributed by atoms with Crippen LogP contribution in [0.5, 0.6) is 0 Å². The average Bonchev–Trinajstić information content (AvgIpc) is 2.53. The van der Waals surface area contributed by atoms with Gasteiger partial charge in [-0.05, 0) is 47.9 Å². The van der Waals surface area contributed by atoms with E-state index in [1.807, 2.05) is 39.0 Å². The highest BCUT2D eigenvalue weighted by Gasteiger charge is 2.21. The summed E-state index contributed by atoms with van der Waals surface area (Å²) in [6.07, 6.45) is 0. The van der Waals surface area contributed by atoms with Crippen LogP contribution in [-0.4, -0.2) is 8.42 Å². The van der Waals surface area contributed by atoms with Crippen LogP contribution in [0.15, 0.2) is 66.7 Å². The number of hydrogen-bond donors (Lipinski definition) is 0. The first-order valence-electron chi connectivity index (χ1n) is 7.87. The molecule has 0 aliphatic heterocycles. The summed E-state index contributed by atoms with van der Waals surface area (Å²) in [4.78, 5) is 0.0614. The van der Waals surface area contributed by atoms with Crippen LogP contribution < -0.4 is 5.55 Å². The summed E-state index contributed by atoms with van der Waals surface area (Å²) in [5.41, 5.74) is 0.999. The van der Waals surface area contributed by atoms with Crippen molar-refractivity contribution >= 4 is 48.5 Å². The van der Waals surface area contributed by atoms with Crippen molar-refractivity contribution in [1.29, 1.82) is 0 Å². The Morgan fingerprint density at radius 2 is 1.69 bits per heavy atom. The second kappa shape index (κ2) is 6.83. The van der Waals surface area contributed by atoms with Gasteiger partial charge in [0.1, 0.15) is 5.58 Å². The number of sulfonamides is 1. The monoisotopic (exact) mass is 453 g/mol. The molecule has 0 atom stereocenters. The van der Waals surface area contributed by atoms with Gasteiger partial charge in [0, 0.05) is 20.4 Å². The number of benzene rings is 2. The maximum Gasteiger partial charge on any atom is 0.285 e.